The van der Waals surface area contributed by atoms with Gasteiger partial charge in [0.2, 0.25) is 10.0 Å². The molecule has 0 unspecified atom stereocenters. The molecule has 0 aromatic heterocycles. The van der Waals surface area contributed by atoms with Gasteiger partial charge < -0.3 is 5.73 Å². The van der Waals surface area contributed by atoms with Crippen molar-refractivity contribution in [1.29, 1.82) is 0 Å². The Morgan fingerprint density at radius 1 is 1.17 bits per heavy atom. The number of anilines is 2. The van der Waals surface area contributed by atoms with E-state index in [4.69, 9.17) is 5.73 Å². The summed E-state index contributed by atoms with van der Waals surface area (Å²) in [5.41, 5.74) is 8.52. The average Bonchev–Trinajstić information content (AvgIpc) is 2.09. The second-order valence-electron chi connectivity index (χ2n) is 5.95. The molecule has 3 N–H and O–H groups in total. The van der Waals surface area contributed by atoms with Crippen LogP contribution in [0.1, 0.15) is 31.9 Å². The first-order valence-electron chi connectivity index (χ1n) is 5.87. The summed E-state index contributed by atoms with van der Waals surface area (Å²) in [6.07, 6.45) is 0. The zero-order valence-corrected chi connectivity index (χ0v) is 12.5. The molecule has 0 atom stereocenters. The third kappa shape index (κ3) is 4.22. The lowest BCUT2D eigenvalue weighted by molar-refractivity contribution is 0.463. The summed E-state index contributed by atoms with van der Waals surface area (Å²) in [6, 6.07) is 3.55. The highest BCUT2D eigenvalue weighted by Gasteiger charge is 2.22. The maximum atomic E-state index is 12.0. The number of nitrogens with two attached hydrogens (primary N) is 1. The van der Waals surface area contributed by atoms with E-state index in [9.17, 15) is 8.42 Å². The lowest BCUT2D eigenvalue weighted by atomic mass is 10.0. The molecular weight excluding hydrogens is 248 g/mol. The number of nitrogen functional groups attached to an aromatic ring is 1. The fourth-order valence-corrected chi connectivity index (χ4v) is 3.42. The van der Waals surface area contributed by atoms with Crippen molar-refractivity contribution in [3.05, 3.63) is 23.3 Å². The fourth-order valence-electron chi connectivity index (χ4n) is 1.70. The van der Waals surface area contributed by atoms with Crippen molar-refractivity contribution in [3.63, 3.8) is 0 Å². The first kappa shape index (κ1) is 14.8. The van der Waals surface area contributed by atoms with Crippen LogP contribution in [0.4, 0.5) is 11.4 Å². The van der Waals surface area contributed by atoms with Crippen LogP contribution in [-0.4, -0.2) is 14.2 Å². The largest absolute Gasteiger partial charge is 0.397 e. The SMILES string of the molecule is Cc1cc(N)c(NS(=O)(=O)CC(C)(C)C)cc1C. The predicted octanol–water partition coefficient (Wildman–Crippen LogP) is 2.67. The first-order valence-corrected chi connectivity index (χ1v) is 7.53. The number of nitrogens with one attached hydrogen (secondary N) is 1. The molecule has 0 aliphatic rings. The molecule has 18 heavy (non-hydrogen) atoms. The summed E-state index contributed by atoms with van der Waals surface area (Å²) in [7, 11) is -3.37. The standard InChI is InChI=1S/C13H22N2O2S/c1-9-6-11(14)12(7-10(9)2)15-18(16,17)8-13(3,4)5/h6-7,15H,8,14H2,1-5H3. The topological polar surface area (TPSA) is 72.2 Å². The highest BCUT2D eigenvalue weighted by molar-refractivity contribution is 7.92. The van der Waals surface area contributed by atoms with E-state index in [1.807, 2.05) is 34.6 Å². The van der Waals surface area contributed by atoms with Gasteiger partial charge in [-0.2, -0.15) is 0 Å². The molecule has 1 rings (SSSR count). The number of hydrogen-bond acceptors (Lipinski definition) is 3. The van der Waals surface area contributed by atoms with Gasteiger partial charge in [-0.05, 0) is 42.5 Å². The zero-order chi connectivity index (χ0) is 14.1. The third-order valence-corrected chi connectivity index (χ3v) is 4.33. The quantitative estimate of drug-likeness (QED) is 0.829. The molecule has 0 spiro atoms. The normalized spacial score (nSPS) is 12.5. The van der Waals surface area contributed by atoms with Gasteiger partial charge in [0, 0.05) is 0 Å². The maximum Gasteiger partial charge on any atom is 0.233 e. The first-order chi connectivity index (χ1) is 8.00. The van der Waals surface area contributed by atoms with Crippen LogP contribution in [-0.2, 0) is 10.0 Å². The second-order valence-corrected chi connectivity index (χ2v) is 7.67. The Kier molecular flexibility index (Phi) is 3.96. The maximum absolute atomic E-state index is 12.0. The van der Waals surface area contributed by atoms with E-state index < -0.39 is 10.0 Å². The van der Waals surface area contributed by atoms with Crippen LogP contribution in [0.3, 0.4) is 0 Å². The van der Waals surface area contributed by atoms with E-state index in [1.54, 1.807) is 12.1 Å². The number of aryl methyl sites for hydroxylation is 2. The minimum Gasteiger partial charge on any atom is -0.397 e. The van der Waals surface area contributed by atoms with Gasteiger partial charge in [-0.1, -0.05) is 20.8 Å². The summed E-state index contributed by atoms with van der Waals surface area (Å²) in [6.45, 7) is 9.53. The Morgan fingerprint density at radius 3 is 2.17 bits per heavy atom. The Labute approximate surface area is 110 Å². The lowest BCUT2D eigenvalue weighted by Gasteiger charge is -2.19. The van der Waals surface area contributed by atoms with Crippen LogP contribution < -0.4 is 10.5 Å². The molecule has 0 fully saturated rings. The van der Waals surface area contributed by atoms with Crippen molar-refractivity contribution in [1.82, 2.24) is 0 Å². The Hall–Kier alpha value is -1.23. The Morgan fingerprint density at radius 2 is 1.67 bits per heavy atom. The highest BCUT2D eigenvalue weighted by atomic mass is 32.2. The van der Waals surface area contributed by atoms with Crippen molar-refractivity contribution < 1.29 is 8.42 Å². The van der Waals surface area contributed by atoms with Gasteiger partial charge in [0.15, 0.2) is 0 Å². The van der Waals surface area contributed by atoms with Crippen LogP contribution in [0.5, 0.6) is 0 Å². The summed E-state index contributed by atoms with van der Waals surface area (Å²) >= 11 is 0. The summed E-state index contributed by atoms with van der Waals surface area (Å²) in [4.78, 5) is 0. The summed E-state index contributed by atoms with van der Waals surface area (Å²) < 4.78 is 26.6. The molecule has 0 heterocycles. The van der Waals surface area contributed by atoms with Gasteiger partial charge >= 0.3 is 0 Å². The van der Waals surface area contributed by atoms with E-state index in [1.165, 1.54) is 0 Å². The molecule has 5 heteroatoms. The van der Waals surface area contributed by atoms with Crippen LogP contribution in [0.2, 0.25) is 0 Å². The molecule has 1 aromatic carbocycles. The van der Waals surface area contributed by atoms with E-state index >= 15 is 0 Å². The second kappa shape index (κ2) is 4.80. The number of rotatable bonds is 3. The summed E-state index contributed by atoms with van der Waals surface area (Å²) in [5.74, 6) is 0.0619. The van der Waals surface area contributed by atoms with E-state index in [2.05, 4.69) is 4.72 Å². The van der Waals surface area contributed by atoms with Crippen molar-refractivity contribution in [2.45, 2.75) is 34.6 Å². The van der Waals surface area contributed by atoms with Gasteiger partial charge in [0.05, 0.1) is 17.1 Å². The number of hydrogen-bond donors (Lipinski definition) is 2. The van der Waals surface area contributed by atoms with Gasteiger partial charge in [0.1, 0.15) is 0 Å². The van der Waals surface area contributed by atoms with E-state index in [-0.39, 0.29) is 11.2 Å². The van der Waals surface area contributed by atoms with Crippen LogP contribution in [0.15, 0.2) is 12.1 Å². The van der Waals surface area contributed by atoms with Gasteiger partial charge in [-0.3, -0.25) is 4.72 Å². The van der Waals surface area contributed by atoms with Gasteiger partial charge in [0.25, 0.3) is 0 Å². The van der Waals surface area contributed by atoms with Crippen LogP contribution in [0, 0.1) is 19.3 Å². The Bertz CT molecular complexity index is 543. The summed E-state index contributed by atoms with van der Waals surface area (Å²) in [5, 5.41) is 0. The number of sulfonamides is 1. The van der Waals surface area contributed by atoms with Gasteiger partial charge in [-0.15, -0.1) is 0 Å². The van der Waals surface area contributed by atoms with E-state index in [0.717, 1.165) is 11.1 Å². The van der Waals surface area contributed by atoms with Crippen molar-refractivity contribution in [2.24, 2.45) is 5.41 Å². The van der Waals surface area contributed by atoms with E-state index in [0.29, 0.717) is 11.4 Å². The van der Waals surface area contributed by atoms with Gasteiger partial charge in [-0.25, -0.2) is 8.42 Å². The van der Waals surface area contributed by atoms with Crippen molar-refractivity contribution >= 4 is 21.4 Å². The molecule has 1 aromatic rings. The van der Waals surface area contributed by atoms with Crippen molar-refractivity contribution in [2.75, 3.05) is 16.2 Å². The molecular formula is C13H22N2O2S. The van der Waals surface area contributed by atoms with Crippen LogP contribution >= 0.6 is 0 Å². The molecule has 4 nitrogen and oxygen atoms in total. The minimum atomic E-state index is -3.37. The molecule has 0 aliphatic carbocycles. The fraction of sp³-hybridized carbons (Fsp3) is 0.538. The average molecular weight is 270 g/mol. The molecule has 0 aliphatic heterocycles. The highest BCUT2D eigenvalue weighted by Crippen LogP contribution is 2.25. The van der Waals surface area contributed by atoms with Crippen LogP contribution in [0.25, 0.3) is 0 Å². The Balaban J connectivity index is 3.02. The molecule has 0 amide bonds. The zero-order valence-electron chi connectivity index (χ0n) is 11.7. The predicted molar refractivity (Wildman–Crippen MR) is 77.2 cm³/mol. The number of benzene rings is 1. The monoisotopic (exact) mass is 270 g/mol. The molecule has 102 valence electrons. The van der Waals surface area contributed by atoms with Crippen molar-refractivity contribution in [3.8, 4) is 0 Å². The third-order valence-electron chi connectivity index (χ3n) is 2.55. The molecule has 0 radical (unpaired) electrons. The smallest absolute Gasteiger partial charge is 0.233 e. The minimum absolute atomic E-state index is 0.0619. The molecule has 0 saturated carbocycles. The lowest BCUT2D eigenvalue weighted by Crippen LogP contribution is -2.26. The molecule has 0 saturated heterocycles. The molecule has 0 bridgehead atoms.